The van der Waals surface area contributed by atoms with E-state index >= 15 is 0 Å². The second-order valence-electron chi connectivity index (χ2n) is 7.86. The van der Waals surface area contributed by atoms with Crippen molar-refractivity contribution in [2.75, 3.05) is 25.0 Å². The molecule has 2 aromatic rings. The summed E-state index contributed by atoms with van der Waals surface area (Å²) >= 11 is 0. The molecular formula is C22H22FN5O2. The molecule has 30 heavy (non-hydrogen) atoms. The van der Waals surface area contributed by atoms with E-state index in [1.807, 2.05) is 36.1 Å². The van der Waals surface area contributed by atoms with Crippen molar-refractivity contribution in [3.8, 4) is 0 Å². The lowest BCUT2D eigenvalue weighted by molar-refractivity contribution is -0.137. The van der Waals surface area contributed by atoms with Crippen LogP contribution in [0.3, 0.4) is 0 Å². The Morgan fingerprint density at radius 2 is 1.80 bits per heavy atom. The fraction of sp³-hybridized carbons (Fsp3) is 0.318. The molecule has 2 saturated heterocycles. The largest absolute Gasteiger partial charge is 0.328 e. The van der Waals surface area contributed by atoms with Crippen LogP contribution < -0.4 is 4.90 Å². The first-order valence-electron chi connectivity index (χ1n) is 9.96. The maximum Gasteiger partial charge on any atom is 0.328 e. The summed E-state index contributed by atoms with van der Waals surface area (Å²) in [5.41, 5.74) is 2.89. The van der Waals surface area contributed by atoms with Crippen LogP contribution >= 0.6 is 0 Å². The van der Waals surface area contributed by atoms with Gasteiger partial charge in [-0.05, 0) is 36.2 Å². The SMILES string of the molecule is Cc1ccccc1N1CCN2C1=NC1C2C(=O)N(Cc2ccc(F)cc2)C(=O)N1C. The molecule has 8 heteroatoms. The zero-order valence-electron chi connectivity index (χ0n) is 16.8. The quantitative estimate of drug-likeness (QED) is 0.784. The number of halogens is 1. The monoisotopic (exact) mass is 407 g/mol. The molecule has 7 nitrogen and oxygen atoms in total. The van der Waals surface area contributed by atoms with Gasteiger partial charge in [0.1, 0.15) is 5.82 Å². The molecule has 3 amide bonds. The van der Waals surface area contributed by atoms with E-state index in [4.69, 9.17) is 4.99 Å². The van der Waals surface area contributed by atoms with Crippen molar-refractivity contribution in [2.45, 2.75) is 25.7 Å². The number of urea groups is 1. The van der Waals surface area contributed by atoms with Gasteiger partial charge < -0.3 is 14.7 Å². The van der Waals surface area contributed by atoms with Crippen LogP contribution in [0.5, 0.6) is 0 Å². The zero-order chi connectivity index (χ0) is 21.0. The molecule has 0 bridgehead atoms. The Morgan fingerprint density at radius 3 is 2.53 bits per heavy atom. The second kappa shape index (κ2) is 6.83. The minimum atomic E-state index is -0.545. The number of nitrogens with zero attached hydrogens (tertiary/aromatic N) is 5. The summed E-state index contributed by atoms with van der Waals surface area (Å²) in [5.74, 6) is 0.114. The molecule has 0 spiro atoms. The van der Waals surface area contributed by atoms with Gasteiger partial charge >= 0.3 is 6.03 Å². The maximum absolute atomic E-state index is 13.4. The molecule has 2 aromatic carbocycles. The average Bonchev–Trinajstić information content (AvgIpc) is 3.31. The lowest BCUT2D eigenvalue weighted by Crippen LogP contribution is -2.64. The number of aryl methyl sites for hydroxylation is 1. The van der Waals surface area contributed by atoms with Crippen LogP contribution in [-0.2, 0) is 11.3 Å². The molecule has 0 aliphatic carbocycles. The van der Waals surface area contributed by atoms with Gasteiger partial charge in [-0.15, -0.1) is 0 Å². The minimum absolute atomic E-state index is 0.107. The molecule has 2 unspecified atom stereocenters. The number of fused-ring (bicyclic) bond motifs is 3. The van der Waals surface area contributed by atoms with Crippen molar-refractivity contribution in [3.63, 3.8) is 0 Å². The molecule has 3 heterocycles. The number of guanidine groups is 1. The highest BCUT2D eigenvalue weighted by Crippen LogP contribution is 2.34. The van der Waals surface area contributed by atoms with Crippen molar-refractivity contribution in [2.24, 2.45) is 4.99 Å². The van der Waals surface area contributed by atoms with Crippen LogP contribution in [0.15, 0.2) is 53.5 Å². The number of rotatable bonds is 3. The molecule has 0 radical (unpaired) electrons. The minimum Gasteiger partial charge on any atom is -0.325 e. The molecular weight excluding hydrogens is 385 g/mol. The Kier molecular flexibility index (Phi) is 4.23. The van der Waals surface area contributed by atoms with Crippen molar-refractivity contribution in [3.05, 3.63) is 65.5 Å². The highest BCUT2D eigenvalue weighted by atomic mass is 19.1. The van der Waals surface area contributed by atoms with E-state index < -0.39 is 18.2 Å². The number of hydrogen-bond acceptors (Lipinski definition) is 5. The number of carbonyl (C=O) groups excluding carboxylic acids is 2. The standard InChI is InChI=1S/C22H22FN5O2/c1-14-5-3-4-6-17(14)26-11-12-27-18-19(24-21(26)27)25(2)22(30)28(20(18)29)13-15-7-9-16(23)10-8-15/h3-10,18-19H,11-13H2,1-2H3. The third-order valence-electron chi connectivity index (χ3n) is 6.04. The lowest BCUT2D eigenvalue weighted by atomic mass is 10.1. The van der Waals surface area contributed by atoms with Crippen molar-refractivity contribution in [1.29, 1.82) is 0 Å². The fourth-order valence-electron chi connectivity index (χ4n) is 4.45. The maximum atomic E-state index is 13.4. The first kappa shape index (κ1) is 18.6. The number of carbonyl (C=O) groups is 2. The van der Waals surface area contributed by atoms with Crippen molar-refractivity contribution >= 4 is 23.6 Å². The summed E-state index contributed by atoms with van der Waals surface area (Å²) in [4.78, 5) is 37.9. The van der Waals surface area contributed by atoms with Gasteiger partial charge in [0.05, 0.1) is 6.54 Å². The highest BCUT2D eigenvalue weighted by molar-refractivity contribution is 6.08. The van der Waals surface area contributed by atoms with Crippen LogP contribution in [0.1, 0.15) is 11.1 Å². The van der Waals surface area contributed by atoms with Gasteiger partial charge in [0.15, 0.2) is 12.2 Å². The Hall–Kier alpha value is -3.42. The van der Waals surface area contributed by atoms with Crippen molar-refractivity contribution in [1.82, 2.24) is 14.7 Å². The van der Waals surface area contributed by atoms with Crippen LogP contribution in [0.4, 0.5) is 14.9 Å². The van der Waals surface area contributed by atoms with E-state index in [-0.39, 0.29) is 18.3 Å². The van der Waals surface area contributed by atoms with Gasteiger partial charge in [-0.1, -0.05) is 30.3 Å². The van der Waals surface area contributed by atoms with Gasteiger partial charge in [0.25, 0.3) is 5.91 Å². The summed E-state index contributed by atoms with van der Waals surface area (Å²) < 4.78 is 13.2. The van der Waals surface area contributed by atoms with Gasteiger partial charge in [-0.25, -0.2) is 14.2 Å². The number of likely N-dealkylation sites (N-methyl/N-ethyl adjacent to an activating group) is 1. The van der Waals surface area contributed by atoms with Gasteiger partial charge in [0, 0.05) is 25.8 Å². The summed E-state index contributed by atoms with van der Waals surface area (Å²) in [5, 5.41) is 0. The Balaban J connectivity index is 1.44. The summed E-state index contributed by atoms with van der Waals surface area (Å²) in [6, 6.07) is 13.0. The molecule has 2 atom stereocenters. The molecule has 0 aromatic heterocycles. The average molecular weight is 407 g/mol. The summed E-state index contributed by atoms with van der Waals surface area (Å²) in [6.07, 6.45) is -0.545. The van der Waals surface area contributed by atoms with Gasteiger partial charge in [0.2, 0.25) is 5.96 Å². The first-order valence-corrected chi connectivity index (χ1v) is 9.96. The first-order chi connectivity index (χ1) is 14.5. The number of amides is 3. The number of anilines is 1. The second-order valence-corrected chi connectivity index (χ2v) is 7.86. The Labute approximate surface area is 174 Å². The van der Waals surface area contributed by atoms with Crippen LogP contribution in [0.25, 0.3) is 0 Å². The van der Waals surface area contributed by atoms with E-state index in [2.05, 4.69) is 4.90 Å². The number of benzene rings is 2. The smallest absolute Gasteiger partial charge is 0.325 e. The lowest BCUT2D eigenvalue weighted by Gasteiger charge is -2.40. The van der Waals surface area contributed by atoms with E-state index in [1.54, 1.807) is 19.2 Å². The predicted octanol–water partition coefficient (Wildman–Crippen LogP) is 2.41. The van der Waals surface area contributed by atoms with E-state index in [0.29, 0.717) is 12.1 Å². The van der Waals surface area contributed by atoms with Crippen LogP contribution in [0.2, 0.25) is 0 Å². The predicted molar refractivity (Wildman–Crippen MR) is 110 cm³/mol. The summed E-state index contributed by atoms with van der Waals surface area (Å²) in [6.45, 7) is 3.55. The third kappa shape index (κ3) is 2.74. The molecule has 0 saturated carbocycles. The molecule has 5 rings (SSSR count). The third-order valence-corrected chi connectivity index (χ3v) is 6.04. The zero-order valence-corrected chi connectivity index (χ0v) is 16.8. The number of aliphatic imine (C=N–C) groups is 1. The Morgan fingerprint density at radius 1 is 1.07 bits per heavy atom. The number of hydrogen-bond donors (Lipinski definition) is 0. The molecule has 0 N–H and O–H groups in total. The summed E-state index contributed by atoms with van der Waals surface area (Å²) in [7, 11) is 1.68. The van der Waals surface area contributed by atoms with Crippen molar-refractivity contribution < 1.29 is 14.0 Å². The number of para-hydroxylation sites is 1. The van der Waals surface area contributed by atoms with Crippen LogP contribution in [0, 0.1) is 12.7 Å². The molecule has 154 valence electrons. The van der Waals surface area contributed by atoms with Gasteiger partial charge in [-0.2, -0.15) is 0 Å². The van der Waals surface area contributed by atoms with E-state index in [9.17, 15) is 14.0 Å². The van der Waals surface area contributed by atoms with E-state index in [1.165, 1.54) is 21.9 Å². The number of imide groups is 1. The fourth-order valence-corrected chi connectivity index (χ4v) is 4.45. The highest BCUT2D eigenvalue weighted by Gasteiger charge is 2.54. The molecule has 3 aliphatic heterocycles. The normalized spacial score (nSPS) is 23.1. The van der Waals surface area contributed by atoms with E-state index in [0.717, 1.165) is 23.8 Å². The Bertz CT molecular complexity index is 1050. The molecule has 2 fully saturated rings. The van der Waals surface area contributed by atoms with Gasteiger partial charge in [-0.3, -0.25) is 9.69 Å². The topological polar surface area (TPSA) is 59.5 Å². The molecule has 3 aliphatic rings. The van der Waals surface area contributed by atoms with Crippen LogP contribution in [-0.4, -0.2) is 64.9 Å².